The minimum Gasteiger partial charge on any atom is -0.368 e. The van der Waals surface area contributed by atoms with E-state index in [0.29, 0.717) is 0 Å². The summed E-state index contributed by atoms with van der Waals surface area (Å²) in [5.74, 6) is -0.234. The number of nitrogens with zero attached hydrogens (tertiary/aromatic N) is 1. The first-order valence-corrected chi connectivity index (χ1v) is 4.78. The number of hydrogen-bond acceptors (Lipinski definition) is 4. The van der Waals surface area contributed by atoms with Crippen LogP contribution in [0.2, 0.25) is 0 Å². The highest BCUT2D eigenvalue weighted by Crippen LogP contribution is 2.17. The smallest absolute Gasteiger partial charge is 0.234 e. The van der Waals surface area contributed by atoms with Gasteiger partial charge in [0, 0.05) is 33.7 Å². The molecule has 1 rings (SSSR count). The Labute approximate surface area is 84.1 Å². The maximum atomic E-state index is 10.9. The van der Waals surface area contributed by atoms with Crippen LogP contribution in [0.5, 0.6) is 0 Å². The molecule has 1 amide bonds. The lowest BCUT2D eigenvalue weighted by molar-refractivity contribution is -0.131. The molecule has 82 valence electrons. The first-order valence-electron chi connectivity index (χ1n) is 4.78. The molecule has 0 aromatic rings. The first-order chi connectivity index (χ1) is 6.69. The number of methoxy groups -OCH3 is 2. The van der Waals surface area contributed by atoms with Crippen LogP contribution in [-0.4, -0.2) is 50.4 Å². The van der Waals surface area contributed by atoms with Crippen LogP contribution in [0.15, 0.2) is 0 Å². The molecule has 0 aromatic heterocycles. The number of carbonyl (C=O) groups excluding carboxylic acids is 1. The highest BCUT2D eigenvalue weighted by Gasteiger charge is 2.32. The number of carbonyl (C=O) groups is 1. The van der Waals surface area contributed by atoms with Crippen LogP contribution in [0, 0.1) is 0 Å². The molecule has 5 nitrogen and oxygen atoms in total. The van der Waals surface area contributed by atoms with Gasteiger partial charge in [0.25, 0.3) is 0 Å². The van der Waals surface area contributed by atoms with Gasteiger partial charge in [-0.1, -0.05) is 0 Å². The standard InChI is InChI=1S/C9H18N2O3/c1-13-8(14-2)4-6-11-5-3-7(11)9(10)12/h7-8H,3-6H2,1-2H3,(H2,10,12). The molecule has 1 saturated heterocycles. The molecule has 1 heterocycles. The third-order valence-corrected chi connectivity index (χ3v) is 2.64. The summed E-state index contributed by atoms with van der Waals surface area (Å²) >= 11 is 0. The van der Waals surface area contributed by atoms with Crippen molar-refractivity contribution >= 4 is 5.91 Å². The zero-order valence-electron chi connectivity index (χ0n) is 8.73. The largest absolute Gasteiger partial charge is 0.368 e. The molecule has 0 bridgehead atoms. The minimum atomic E-state index is -0.234. The number of hydrogen-bond donors (Lipinski definition) is 1. The maximum Gasteiger partial charge on any atom is 0.234 e. The fraction of sp³-hybridized carbons (Fsp3) is 0.889. The van der Waals surface area contributed by atoms with E-state index in [1.54, 1.807) is 14.2 Å². The Morgan fingerprint density at radius 3 is 2.57 bits per heavy atom. The van der Waals surface area contributed by atoms with E-state index in [4.69, 9.17) is 15.2 Å². The van der Waals surface area contributed by atoms with Crippen LogP contribution >= 0.6 is 0 Å². The van der Waals surface area contributed by atoms with Crippen molar-refractivity contribution in [3.63, 3.8) is 0 Å². The van der Waals surface area contributed by atoms with E-state index in [9.17, 15) is 4.79 Å². The molecule has 14 heavy (non-hydrogen) atoms. The normalized spacial score (nSPS) is 22.4. The van der Waals surface area contributed by atoms with Gasteiger partial charge in [0.15, 0.2) is 6.29 Å². The molecule has 0 spiro atoms. The Morgan fingerprint density at radius 2 is 2.21 bits per heavy atom. The van der Waals surface area contributed by atoms with Gasteiger partial charge in [-0.05, 0) is 6.42 Å². The second-order valence-corrected chi connectivity index (χ2v) is 3.43. The van der Waals surface area contributed by atoms with Crippen molar-refractivity contribution in [1.82, 2.24) is 4.90 Å². The van der Waals surface area contributed by atoms with Crippen molar-refractivity contribution in [2.75, 3.05) is 27.3 Å². The lowest BCUT2D eigenvalue weighted by Gasteiger charge is -2.39. The van der Waals surface area contributed by atoms with Gasteiger partial charge in [0.05, 0.1) is 6.04 Å². The molecule has 0 radical (unpaired) electrons. The zero-order chi connectivity index (χ0) is 10.6. The molecular formula is C9H18N2O3. The van der Waals surface area contributed by atoms with E-state index in [2.05, 4.69) is 0 Å². The molecular weight excluding hydrogens is 184 g/mol. The predicted octanol–water partition coefficient (Wildman–Crippen LogP) is -0.445. The van der Waals surface area contributed by atoms with E-state index in [1.807, 2.05) is 4.90 Å². The summed E-state index contributed by atoms with van der Waals surface area (Å²) in [7, 11) is 3.21. The quantitative estimate of drug-likeness (QED) is 0.593. The second-order valence-electron chi connectivity index (χ2n) is 3.43. The van der Waals surface area contributed by atoms with Crippen molar-refractivity contribution in [2.45, 2.75) is 25.2 Å². The monoisotopic (exact) mass is 202 g/mol. The Kier molecular flexibility index (Phi) is 4.31. The van der Waals surface area contributed by atoms with Crippen molar-refractivity contribution < 1.29 is 14.3 Å². The molecule has 2 N–H and O–H groups in total. The lowest BCUT2D eigenvalue weighted by atomic mass is 10.0. The van der Waals surface area contributed by atoms with Crippen LogP contribution in [0.1, 0.15) is 12.8 Å². The average molecular weight is 202 g/mol. The number of ether oxygens (including phenoxy) is 2. The predicted molar refractivity (Wildman–Crippen MR) is 51.6 cm³/mol. The number of likely N-dealkylation sites (tertiary alicyclic amines) is 1. The van der Waals surface area contributed by atoms with Gasteiger partial charge in [0.1, 0.15) is 0 Å². The number of nitrogens with two attached hydrogens (primary N) is 1. The molecule has 1 unspecified atom stereocenters. The molecule has 5 heteroatoms. The summed E-state index contributed by atoms with van der Waals surface area (Å²) in [6, 6.07) is -0.0793. The summed E-state index contributed by atoms with van der Waals surface area (Å²) in [5, 5.41) is 0. The van der Waals surface area contributed by atoms with Crippen LogP contribution < -0.4 is 5.73 Å². The van der Waals surface area contributed by atoms with E-state index >= 15 is 0 Å². The third-order valence-electron chi connectivity index (χ3n) is 2.64. The van der Waals surface area contributed by atoms with Gasteiger partial charge in [-0.15, -0.1) is 0 Å². The average Bonchev–Trinajstić information content (AvgIpc) is 2.09. The van der Waals surface area contributed by atoms with Gasteiger partial charge in [0.2, 0.25) is 5.91 Å². The molecule has 1 atom stereocenters. The maximum absolute atomic E-state index is 10.9. The summed E-state index contributed by atoms with van der Waals surface area (Å²) in [4.78, 5) is 12.9. The van der Waals surface area contributed by atoms with Gasteiger partial charge in [-0.3, -0.25) is 9.69 Å². The zero-order valence-corrected chi connectivity index (χ0v) is 8.73. The van der Waals surface area contributed by atoms with Crippen LogP contribution in [0.25, 0.3) is 0 Å². The fourth-order valence-corrected chi connectivity index (χ4v) is 1.63. The van der Waals surface area contributed by atoms with E-state index in [1.165, 1.54) is 0 Å². The van der Waals surface area contributed by atoms with Crippen molar-refractivity contribution in [1.29, 1.82) is 0 Å². The topological polar surface area (TPSA) is 64.8 Å². The van der Waals surface area contributed by atoms with Crippen molar-refractivity contribution in [3.05, 3.63) is 0 Å². The second kappa shape index (κ2) is 5.29. The molecule has 0 saturated carbocycles. The lowest BCUT2D eigenvalue weighted by Crippen LogP contribution is -2.55. The highest BCUT2D eigenvalue weighted by atomic mass is 16.7. The van der Waals surface area contributed by atoms with E-state index in [0.717, 1.165) is 25.9 Å². The van der Waals surface area contributed by atoms with E-state index in [-0.39, 0.29) is 18.2 Å². The number of rotatable bonds is 6. The van der Waals surface area contributed by atoms with Crippen molar-refractivity contribution in [2.24, 2.45) is 5.73 Å². The third kappa shape index (κ3) is 2.67. The Bertz CT molecular complexity index is 194. The first kappa shape index (κ1) is 11.4. The summed E-state index contributed by atoms with van der Waals surface area (Å²) in [6.07, 6.45) is 1.45. The van der Waals surface area contributed by atoms with Gasteiger partial charge in [-0.2, -0.15) is 0 Å². The van der Waals surface area contributed by atoms with Crippen molar-refractivity contribution in [3.8, 4) is 0 Å². The Balaban J connectivity index is 2.21. The van der Waals surface area contributed by atoms with Crippen LogP contribution in [0.4, 0.5) is 0 Å². The molecule has 1 aliphatic heterocycles. The van der Waals surface area contributed by atoms with Gasteiger partial charge in [-0.25, -0.2) is 0 Å². The van der Waals surface area contributed by atoms with Crippen LogP contribution in [-0.2, 0) is 14.3 Å². The minimum absolute atomic E-state index is 0.0793. The molecule has 1 fully saturated rings. The fourth-order valence-electron chi connectivity index (χ4n) is 1.63. The molecule has 0 aromatic carbocycles. The molecule has 1 aliphatic rings. The van der Waals surface area contributed by atoms with Gasteiger partial charge >= 0.3 is 0 Å². The Morgan fingerprint density at radius 1 is 1.57 bits per heavy atom. The highest BCUT2D eigenvalue weighted by molar-refractivity contribution is 5.80. The van der Waals surface area contributed by atoms with E-state index < -0.39 is 0 Å². The summed E-state index contributed by atoms with van der Waals surface area (Å²) in [5.41, 5.74) is 5.22. The van der Waals surface area contributed by atoms with Crippen LogP contribution in [0.3, 0.4) is 0 Å². The molecule has 0 aliphatic carbocycles. The summed E-state index contributed by atoms with van der Waals surface area (Å²) < 4.78 is 10.1. The summed E-state index contributed by atoms with van der Waals surface area (Å²) in [6.45, 7) is 1.73. The van der Waals surface area contributed by atoms with Gasteiger partial charge < -0.3 is 15.2 Å². The SMILES string of the molecule is COC(CCN1CCC1C(N)=O)OC. The number of amides is 1. The number of primary amides is 1. The Hall–Kier alpha value is -0.650.